The van der Waals surface area contributed by atoms with Crippen molar-refractivity contribution in [1.82, 2.24) is 29.8 Å². The van der Waals surface area contributed by atoms with Gasteiger partial charge in [-0.1, -0.05) is 13.0 Å². The van der Waals surface area contributed by atoms with Gasteiger partial charge in [-0.05, 0) is 63.8 Å². The summed E-state index contributed by atoms with van der Waals surface area (Å²) in [6.07, 6.45) is 5.47. The summed E-state index contributed by atoms with van der Waals surface area (Å²) in [6, 6.07) is 9.15. The molecule has 10 heteroatoms. The van der Waals surface area contributed by atoms with Crippen LogP contribution in [0.1, 0.15) is 51.4 Å². The lowest BCUT2D eigenvalue weighted by Gasteiger charge is -2.32. The minimum Gasteiger partial charge on any atom is -0.444 e. The van der Waals surface area contributed by atoms with E-state index in [1.54, 1.807) is 45.3 Å². The number of fused-ring (bicyclic) bond motifs is 1. The molecule has 4 rings (SSSR count). The number of likely N-dealkylation sites (N-methyl/N-ethyl adjacent to an activating group) is 1. The fourth-order valence-corrected chi connectivity index (χ4v) is 4.67. The number of rotatable bonds is 8. The molecule has 0 bridgehead atoms. The summed E-state index contributed by atoms with van der Waals surface area (Å²) in [5.41, 5.74) is 2.74. The smallest absolute Gasteiger partial charge is 0.410 e. The van der Waals surface area contributed by atoms with Gasteiger partial charge in [0.15, 0.2) is 5.65 Å². The second kappa shape index (κ2) is 11.1. The van der Waals surface area contributed by atoms with E-state index in [-0.39, 0.29) is 18.0 Å². The van der Waals surface area contributed by atoms with Crippen LogP contribution in [0, 0.1) is 0 Å². The molecule has 0 radical (unpaired) electrons. The maximum absolute atomic E-state index is 13.1. The van der Waals surface area contributed by atoms with Gasteiger partial charge in [0.1, 0.15) is 5.60 Å². The fraction of sp³-hybridized carbons (Fsp3) is 0.370. The van der Waals surface area contributed by atoms with Crippen molar-refractivity contribution in [3.63, 3.8) is 0 Å². The number of carbonyl (C=O) groups excluding carboxylic acids is 2. The third kappa shape index (κ3) is 6.14. The molecule has 0 saturated heterocycles. The highest BCUT2D eigenvalue weighted by Crippen LogP contribution is 2.27. The highest BCUT2D eigenvalue weighted by atomic mass is 32.1. The Labute approximate surface area is 220 Å². The Balaban J connectivity index is 1.51. The number of carbonyl (C=O) groups is 2. The Morgan fingerprint density at radius 2 is 2.00 bits per heavy atom. The Kier molecular flexibility index (Phi) is 7.87. The van der Waals surface area contributed by atoms with Crippen molar-refractivity contribution >= 4 is 29.0 Å². The van der Waals surface area contributed by atoms with Crippen molar-refractivity contribution in [1.29, 1.82) is 0 Å². The monoisotopic (exact) mass is 520 g/mol. The molecule has 0 fully saturated rings. The van der Waals surface area contributed by atoms with Crippen LogP contribution in [0.5, 0.6) is 0 Å². The van der Waals surface area contributed by atoms with Crippen LogP contribution in [0.2, 0.25) is 0 Å². The Bertz CT molecular complexity index is 1380. The van der Waals surface area contributed by atoms with E-state index in [9.17, 15) is 9.59 Å². The van der Waals surface area contributed by atoms with Gasteiger partial charge in [0.25, 0.3) is 5.91 Å². The molecule has 4 heterocycles. The van der Waals surface area contributed by atoms with Gasteiger partial charge >= 0.3 is 6.09 Å². The third-order valence-corrected chi connectivity index (χ3v) is 6.71. The van der Waals surface area contributed by atoms with Crippen molar-refractivity contribution in [3.8, 4) is 21.8 Å². The summed E-state index contributed by atoms with van der Waals surface area (Å²) in [5.74, 6) is -0.244. The summed E-state index contributed by atoms with van der Waals surface area (Å²) in [4.78, 5) is 37.7. The van der Waals surface area contributed by atoms with Gasteiger partial charge < -0.3 is 15.0 Å². The molecule has 0 spiro atoms. The first-order valence-corrected chi connectivity index (χ1v) is 13.2. The largest absolute Gasteiger partial charge is 0.444 e. The third-order valence-electron chi connectivity index (χ3n) is 5.82. The molecule has 0 unspecified atom stereocenters. The van der Waals surface area contributed by atoms with Crippen LogP contribution in [0.15, 0.2) is 54.3 Å². The van der Waals surface area contributed by atoms with Crippen molar-refractivity contribution in [2.75, 3.05) is 13.1 Å². The lowest BCUT2D eigenvalue weighted by molar-refractivity contribution is 0.0167. The average molecular weight is 521 g/mol. The zero-order valence-corrected chi connectivity index (χ0v) is 22.6. The van der Waals surface area contributed by atoms with Crippen LogP contribution >= 0.6 is 11.3 Å². The van der Waals surface area contributed by atoms with Gasteiger partial charge in [-0.15, -0.1) is 11.3 Å². The van der Waals surface area contributed by atoms with Crippen LogP contribution < -0.4 is 5.32 Å². The van der Waals surface area contributed by atoms with Gasteiger partial charge in [0.2, 0.25) is 0 Å². The molecule has 0 aliphatic rings. The van der Waals surface area contributed by atoms with Gasteiger partial charge in [-0.2, -0.15) is 5.10 Å². The predicted molar refractivity (Wildman–Crippen MR) is 145 cm³/mol. The molecule has 1 atom stereocenters. The van der Waals surface area contributed by atoms with E-state index < -0.39 is 5.60 Å². The molecule has 2 amide bonds. The number of amides is 2. The SMILES string of the molecule is CC[C@@H](CNC(=O)c1ccnc(-c2cnn3ccc(-c4cccs4)nc23)c1)N(CC)C(=O)OC(C)(C)C. The fourth-order valence-electron chi connectivity index (χ4n) is 3.97. The lowest BCUT2D eigenvalue weighted by atomic mass is 10.1. The molecule has 0 aliphatic heterocycles. The number of nitrogens with zero attached hydrogens (tertiary/aromatic N) is 5. The average Bonchev–Trinajstić information content (AvgIpc) is 3.55. The first-order chi connectivity index (χ1) is 17.7. The zero-order valence-electron chi connectivity index (χ0n) is 21.8. The van der Waals surface area contributed by atoms with Crippen LogP contribution in [-0.2, 0) is 4.74 Å². The first kappa shape index (κ1) is 26.3. The summed E-state index contributed by atoms with van der Waals surface area (Å²) in [7, 11) is 0. The second-order valence-corrected chi connectivity index (χ2v) is 10.5. The number of pyridine rings is 1. The zero-order chi connectivity index (χ0) is 26.6. The Morgan fingerprint density at radius 1 is 1.19 bits per heavy atom. The maximum atomic E-state index is 13.1. The number of nitrogens with one attached hydrogen (secondary N) is 1. The minimum atomic E-state index is -0.586. The summed E-state index contributed by atoms with van der Waals surface area (Å²) in [6.45, 7) is 10.2. The van der Waals surface area contributed by atoms with Crippen LogP contribution in [-0.4, -0.2) is 61.2 Å². The van der Waals surface area contributed by atoms with Crippen molar-refractivity contribution in [2.24, 2.45) is 0 Å². The van der Waals surface area contributed by atoms with Crippen LogP contribution in [0.4, 0.5) is 4.79 Å². The van der Waals surface area contributed by atoms with Crippen molar-refractivity contribution < 1.29 is 14.3 Å². The van der Waals surface area contributed by atoms with E-state index in [4.69, 9.17) is 9.72 Å². The van der Waals surface area contributed by atoms with E-state index in [0.29, 0.717) is 36.4 Å². The molecule has 9 nitrogen and oxygen atoms in total. The number of hydrogen-bond acceptors (Lipinski definition) is 7. The number of aromatic nitrogens is 4. The van der Waals surface area contributed by atoms with Crippen molar-refractivity contribution in [2.45, 2.75) is 52.7 Å². The molecular formula is C27H32N6O3S. The minimum absolute atomic E-state index is 0.190. The predicted octanol–water partition coefficient (Wildman–Crippen LogP) is 5.29. The second-order valence-electron chi connectivity index (χ2n) is 9.58. The van der Waals surface area contributed by atoms with Gasteiger partial charge in [-0.25, -0.2) is 14.3 Å². The van der Waals surface area contributed by atoms with E-state index in [2.05, 4.69) is 15.4 Å². The highest BCUT2D eigenvalue weighted by Gasteiger charge is 2.26. The Morgan fingerprint density at radius 3 is 2.68 bits per heavy atom. The van der Waals surface area contributed by atoms with E-state index in [0.717, 1.165) is 16.1 Å². The molecule has 0 aliphatic carbocycles. The number of ether oxygens (including phenoxy) is 1. The summed E-state index contributed by atoms with van der Waals surface area (Å²) < 4.78 is 7.24. The molecule has 4 aromatic heterocycles. The van der Waals surface area contributed by atoms with E-state index in [1.165, 1.54) is 0 Å². The normalized spacial score (nSPS) is 12.4. The number of thiophene rings is 1. The van der Waals surface area contributed by atoms with Crippen molar-refractivity contribution in [3.05, 3.63) is 59.9 Å². The highest BCUT2D eigenvalue weighted by molar-refractivity contribution is 7.13. The molecule has 37 heavy (non-hydrogen) atoms. The molecule has 4 aromatic rings. The van der Waals surface area contributed by atoms with Crippen LogP contribution in [0.25, 0.3) is 27.5 Å². The van der Waals surface area contributed by atoms with Gasteiger partial charge in [-0.3, -0.25) is 9.78 Å². The molecular weight excluding hydrogens is 488 g/mol. The quantitative estimate of drug-likeness (QED) is 0.339. The molecule has 194 valence electrons. The summed E-state index contributed by atoms with van der Waals surface area (Å²) in [5, 5.41) is 9.38. The topological polar surface area (TPSA) is 102 Å². The van der Waals surface area contributed by atoms with E-state index >= 15 is 0 Å². The van der Waals surface area contributed by atoms with Gasteiger partial charge in [0.05, 0.1) is 34.1 Å². The van der Waals surface area contributed by atoms with Gasteiger partial charge in [0, 0.05) is 31.0 Å². The first-order valence-electron chi connectivity index (χ1n) is 12.3. The molecule has 0 saturated carbocycles. The number of hydrogen-bond donors (Lipinski definition) is 1. The Hall–Kier alpha value is -3.79. The standard InChI is InChI=1S/C27H32N6O3S/c1-6-19(32(7-2)26(35)36-27(3,4)5)16-29-25(34)18-10-12-28-22(15-18)20-17-30-33-13-11-21(31-24(20)33)23-9-8-14-37-23/h8-15,17,19H,6-7,16H2,1-5H3,(H,29,34)/t19-/m0/s1. The van der Waals surface area contributed by atoms with E-state index in [1.807, 2.05) is 64.4 Å². The lowest BCUT2D eigenvalue weighted by Crippen LogP contribution is -2.48. The molecule has 0 aromatic carbocycles. The van der Waals surface area contributed by atoms with Crippen LogP contribution in [0.3, 0.4) is 0 Å². The summed E-state index contributed by atoms with van der Waals surface area (Å²) >= 11 is 1.62. The molecule has 1 N–H and O–H groups in total. The maximum Gasteiger partial charge on any atom is 0.410 e.